The second kappa shape index (κ2) is 26.4. The number of rotatable bonds is 11. The predicted octanol–water partition coefficient (Wildman–Crippen LogP) is 9.58. The summed E-state index contributed by atoms with van der Waals surface area (Å²) in [7, 11) is 0. The molecule has 0 unspecified atom stereocenters. The first kappa shape index (κ1) is 64.4. The lowest BCUT2D eigenvalue weighted by Crippen LogP contribution is -2.47. The highest BCUT2D eigenvalue weighted by Gasteiger charge is 2.41. The van der Waals surface area contributed by atoms with E-state index in [1.165, 1.54) is 49.2 Å². The highest BCUT2D eigenvalue weighted by atomic mass is 19.4. The summed E-state index contributed by atoms with van der Waals surface area (Å²) in [5, 5.41) is 30.5. The number of hydrogen-bond donors (Lipinski definition) is 3. The van der Waals surface area contributed by atoms with Crippen LogP contribution in [0.2, 0.25) is 0 Å². The fourth-order valence-electron chi connectivity index (χ4n) is 8.78. The Morgan fingerprint density at radius 3 is 1.14 bits per heavy atom. The van der Waals surface area contributed by atoms with Crippen LogP contribution in [0.5, 0.6) is 0 Å². The number of nitrogens with zero attached hydrogens (tertiary/aromatic N) is 12. The standard InChI is InChI=1S/2C18H18F5N5O2.C16H17F2N5O3/c2*1-9(18(21,22)23)5-15(29)16-14-8-27(10(2)7-28(14)26-25-16)17(30)24-11-3-4-12(19)13(20)6-11;1-9-6-23-15(14(20-21-23)8-26-10(2)24)7-22(9)16(25)19-11-3-4-12(17)13(18)5-11/h2*3-4,6,9-10H,5,7-8H2,1-2H3,(H,24,30);3-5,9H,6-8H2,1-2H3,(H,19,25)/t2*9-,10+;9-/m110/s1. The molecule has 5 atom stereocenters. The summed E-state index contributed by atoms with van der Waals surface area (Å²) in [6.45, 7) is 8.95. The number of halogens is 12. The number of Topliss-reactive ketones (excluding diaryl/α,β-unsaturated/α-hetero) is 2. The average Bonchev–Trinajstić information content (AvgIpc) is 1.76. The number of amides is 6. The zero-order chi connectivity index (χ0) is 63.3. The van der Waals surface area contributed by atoms with Crippen LogP contribution < -0.4 is 16.0 Å². The number of alkyl halides is 6. The van der Waals surface area contributed by atoms with Gasteiger partial charge in [-0.25, -0.2) is 54.8 Å². The van der Waals surface area contributed by atoms with E-state index in [1.54, 1.807) is 18.5 Å². The molecule has 0 bridgehead atoms. The maximum absolute atomic E-state index is 13.4. The maximum Gasteiger partial charge on any atom is 0.391 e. The van der Waals surface area contributed by atoms with Gasteiger partial charge in [0, 0.05) is 55.0 Å². The molecule has 3 aromatic heterocycles. The lowest BCUT2D eigenvalue weighted by Gasteiger charge is -2.33. The van der Waals surface area contributed by atoms with E-state index >= 15 is 0 Å². The molecule has 3 aliphatic heterocycles. The molecule has 22 nitrogen and oxygen atoms in total. The first-order valence-electron chi connectivity index (χ1n) is 26.0. The van der Waals surface area contributed by atoms with Gasteiger partial charge in [0.2, 0.25) is 0 Å². The van der Waals surface area contributed by atoms with Crippen molar-refractivity contribution in [2.75, 3.05) is 16.0 Å². The van der Waals surface area contributed by atoms with Crippen LogP contribution in [-0.2, 0) is 55.4 Å². The lowest BCUT2D eigenvalue weighted by molar-refractivity contribution is -0.169. The summed E-state index contributed by atoms with van der Waals surface area (Å²) in [5.74, 6) is -12.2. The Kier molecular flexibility index (Phi) is 19.8. The van der Waals surface area contributed by atoms with E-state index in [0.717, 1.165) is 50.2 Å². The number of nitrogens with one attached hydrogen (secondary N) is 3. The van der Waals surface area contributed by atoms with Crippen LogP contribution in [0.4, 0.5) is 84.1 Å². The molecule has 0 saturated heterocycles. The third-order valence-electron chi connectivity index (χ3n) is 13.8. The minimum Gasteiger partial charge on any atom is -0.459 e. The number of fused-ring (bicyclic) bond motifs is 3. The molecule has 3 aromatic carbocycles. The van der Waals surface area contributed by atoms with Gasteiger partial charge in [0.1, 0.15) is 12.3 Å². The Bertz CT molecular complexity index is 3360. The van der Waals surface area contributed by atoms with Crippen LogP contribution >= 0.6 is 0 Å². The normalized spacial score (nSPS) is 17.0. The van der Waals surface area contributed by atoms with Crippen LogP contribution in [0, 0.1) is 46.7 Å². The van der Waals surface area contributed by atoms with Gasteiger partial charge in [-0.1, -0.05) is 29.5 Å². The molecule has 0 radical (unpaired) electrons. The number of hydrogen-bond acceptors (Lipinski definition) is 13. The summed E-state index contributed by atoms with van der Waals surface area (Å²) in [4.78, 5) is 77.6. The smallest absolute Gasteiger partial charge is 0.391 e. The van der Waals surface area contributed by atoms with Gasteiger partial charge in [0.25, 0.3) is 0 Å². The molecule has 9 rings (SSSR count). The number of benzene rings is 3. The topological polar surface area (TPSA) is 250 Å². The third-order valence-corrected chi connectivity index (χ3v) is 13.8. The van der Waals surface area contributed by atoms with E-state index in [2.05, 4.69) is 46.9 Å². The first-order valence-corrected chi connectivity index (χ1v) is 26.0. The lowest BCUT2D eigenvalue weighted by atomic mass is 10.0. The highest BCUT2D eigenvalue weighted by Crippen LogP contribution is 2.33. The Morgan fingerprint density at radius 1 is 0.512 bits per heavy atom. The SMILES string of the molecule is CC(=O)OCc1nnn2c1CN(C(=O)Nc1ccc(F)c(F)c1)[C@@H](C)C2.C[C@H](CC(=O)c1nnn2c1CN(C(=O)Nc1ccc(F)c(F)c1)[C@@H](C)C2)C(F)(F)F.C[C@H](CC(=O)c1nnn2c1CN(C(=O)Nc1ccc(F)c(F)c1)[C@@H](C)C2)C(F)(F)F. The van der Waals surface area contributed by atoms with E-state index in [9.17, 15) is 81.5 Å². The molecular formula is C52H53F12N15O7. The number of anilines is 3. The van der Waals surface area contributed by atoms with E-state index in [1.807, 2.05) is 6.92 Å². The summed E-state index contributed by atoms with van der Waals surface area (Å²) < 4.78 is 165. The number of ether oxygens (including phenoxy) is 1. The number of esters is 1. The molecule has 0 saturated carbocycles. The maximum atomic E-state index is 13.4. The van der Waals surface area contributed by atoms with Gasteiger partial charge in [0.15, 0.2) is 57.9 Å². The van der Waals surface area contributed by atoms with Gasteiger partial charge < -0.3 is 35.4 Å². The van der Waals surface area contributed by atoms with Crippen LogP contribution in [0.25, 0.3) is 0 Å². The van der Waals surface area contributed by atoms with Crippen LogP contribution in [0.15, 0.2) is 54.6 Å². The van der Waals surface area contributed by atoms with Gasteiger partial charge in [-0.3, -0.25) is 14.4 Å². The Labute approximate surface area is 479 Å². The predicted molar refractivity (Wildman–Crippen MR) is 275 cm³/mol. The van der Waals surface area contributed by atoms with Crippen molar-refractivity contribution in [1.82, 2.24) is 59.7 Å². The van der Waals surface area contributed by atoms with Crippen molar-refractivity contribution in [3.63, 3.8) is 0 Å². The average molecular weight is 1230 g/mol. The van der Waals surface area contributed by atoms with Gasteiger partial charge in [0.05, 0.1) is 86.3 Å². The molecule has 462 valence electrons. The Hall–Kier alpha value is -9.14. The van der Waals surface area contributed by atoms with E-state index in [0.29, 0.717) is 17.9 Å². The molecule has 86 heavy (non-hydrogen) atoms. The fraction of sp³-hybridized carbons (Fsp3) is 0.423. The number of aromatic nitrogens is 9. The van der Waals surface area contributed by atoms with Crippen molar-refractivity contribution in [3.05, 3.63) is 124 Å². The first-order chi connectivity index (χ1) is 40.3. The minimum atomic E-state index is -4.52. The summed E-state index contributed by atoms with van der Waals surface area (Å²) in [5.41, 5.74) is 1.33. The number of carbonyl (C=O) groups is 6. The molecule has 3 aliphatic rings. The van der Waals surface area contributed by atoms with E-state index in [-0.39, 0.29) is 85.2 Å². The van der Waals surface area contributed by atoms with Gasteiger partial charge in [-0.15, -0.1) is 15.3 Å². The second-order valence-electron chi connectivity index (χ2n) is 20.3. The summed E-state index contributed by atoms with van der Waals surface area (Å²) >= 11 is 0. The Morgan fingerprint density at radius 2 is 0.826 bits per heavy atom. The molecular weight excluding hydrogens is 1170 g/mol. The van der Waals surface area contributed by atoms with Crippen molar-refractivity contribution in [2.24, 2.45) is 11.8 Å². The van der Waals surface area contributed by atoms with Gasteiger partial charge >= 0.3 is 36.4 Å². The largest absolute Gasteiger partial charge is 0.459 e. The number of ketones is 2. The van der Waals surface area contributed by atoms with Gasteiger partial charge in [-0.05, 0) is 57.2 Å². The van der Waals surface area contributed by atoms with Crippen molar-refractivity contribution < 1.29 is 86.2 Å². The van der Waals surface area contributed by atoms with Crippen molar-refractivity contribution in [2.45, 2.75) is 131 Å². The summed E-state index contributed by atoms with van der Waals surface area (Å²) in [6, 6.07) is 6.12. The van der Waals surface area contributed by atoms with Crippen LogP contribution in [0.1, 0.15) is 98.1 Å². The zero-order valence-corrected chi connectivity index (χ0v) is 46.2. The zero-order valence-electron chi connectivity index (χ0n) is 46.2. The van der Waals surface area contributed by atoms with E-state index < -0.39 is 120 Å². The Balaban J connectivity index is 0.000000185. The van der Waals surface area contributed by atoms with Crippen molar-refractivity contribution in [1.29, 1.82) is 0 Å². The number of carbonyl (C=O) groups excluding carboxylic acids is 6. The molecule has 0 spiro atoms. The number of urea groups is 3. The van der Waals surface area contributed by atoms with Crippen LogP contribution in [0.3, 0.4) is 0 Å². The monoisotopic (exact) mass is 1230 g/mol. The molecule has 6 amide bonds. The van der Waals surface area contributed by atoms with Crippen LogP contribution in [-0.4, -0.2) is 126 Å². The quantitative estimate of drug-likeness (QED) is 0.0622. The highest BCUT2D eigenvalue weighted by molar-refractivity contribution is 5.97. The summed E-state index contributed by atoms with van der Waals surface area (Å²) in [6.07, 6.45) is -10.6. The molecule has 34 heteroatoms. The van der Waals surface area contributed by atoms with Crippen molar-refractivity contribution in [3.8, 4) is 0 Å². The fourth-order valence-corrected chi connectivity index (χ4v) is 8.78. The molecule has 6 aromatic rings. The minimum absolute atomic E-state index is 0.0265. The third kappa shape index (κ3) is 15.6. The molecule has 3 N–H and O–H groups in total. The van der Waals surface area contributed by atoms with Crippen molar-refractivity contribution >= 4 is 52.7 Å². The van der Waals surface area contributed by atoms with Gasteiger partial charge in [-0.2, -0.15) is 26.3 Å². The molecule has 6 heterocycles. The molecule has 0 fully saturated rings. The van der Waals surface area contributed by atoms with E-state index in [4.69, 9.17) is 4.74 Å². The second-order valence-corrected chi connectivity index (χ2v) is 20.3. The molecule has 0 aliphatic carbocycles.